The van der Waals surface area contributed by atoms with Crippen LogP contribution in [0.4, 0.5) is 0 Å². The molecule has 1 atom stereocenters. The molecule has 1 rings (SSSR count). The van der Waals surface area contributed by atoms with Gasteiger partial charge in [-0.2, -0.15) is 0 Å². The second kappa shape index (κ2) is 5.87. The number of primary amides is 1. The quantitative estimate of drug-likeness (QED) is 0.868. The van der Waals surface area contributed by atoms with Gasteiger partial charge in [-0.1, -0.05) is 26.0 Å². The van der Waals surface area contributed by atoms with Crippen LogP contribution in [0.15, 0.2) is 18.2 Å². The molecule has 0 aliphatic heterocycles. The number of ether oxygens (including phenoxy) is 1. The average Bonchev–Trinajstić information content (AvgIpc) is 2.28. The zero-order valence-corrected chi connectivity index (χ0v) is 11.7. The Hall–Kier alpha value is -1.55. The van der Waals surface area contributed by atoms with Gasteiger partial charge in [-0.05, 0) is 31.6 Å². The monoisotopic (exact) mass is 250 g/mol. The third-order valence-electron chi connectivity index (χ3n) is 3.00. The fourth-order valence-electron chi connectivity index (χ4n) is 2.00. The van der Waals surface area contributed by atoms with E-state index in [1.54, 1.807) is 12.0 Å². The van der Waals surface area contributed by atoms with Crippen molar-refractivity contribution in [2.75, 3.05) is 21.2 Å². The summed E-state index contributed by atoms with van der Waals surface area (Å²) in [4.78, 5) is 13.3. The maximum absolute atomic E-state index is 11.6. The molecule has 100 valence electrons. The third kappa shape index (κ3) is 3.01. The van der Waals surface area contributed by atoms with E-state index in [1.165, 1.54) is 5.56 Å². The number of nitrogens with zero attached hydrogens (tertiary/aromatic N) is 1. The Kier molecular flexibility index (Phi) is 4.73. The standard InChI is InChI=1S/C14H22N2O2/c1-9(2)10-6-7-11(12(8-10)18-5)13(14(15)17)16(3)4/h6-9,13H,1-5H3,(H2,15,17). The first-order chi connectivity index (χ1) is 8.38. The van der Waals surface area contributed by atoms with E-state index in [0.717, 1.165) is 5.56 Å². The van der Waals surface area contributed by atoms with Crippen molar-refractivity contribution < 1.29 is 9.53 Å². The molecule has 4 heteroatoms. The van der Waals surface area contributed by atoms with Crippen molar-refractivity contribution in [1.29, 1.82) is 0 Å². The van der Waals surface area contributed by atoms with Gasteiger partial charge in [-0.15, -0.1) is 0 Å². The summed E-state index contributed by atoms with van der Waals surface area (Å²) in [5, 5.41) is 0. The largest absolute Gasteiger partial charge is 0.496 e. The molecule has 0 saturated carbocycles. The third-order valence-corrected chi connectivity index (χ3v) is 3.00. The number of nitrogens with two attached hydrogens (primary N) is 1. The molecular weight excluding hydrogens is 228 g/mol. The molecule has 0 saturated heterocycles. The summed E-state index contributed by atoms with van der Waals surface area (Å²) in [5.74, 6) is 0.744. The Labute approximate surface area is 109 Å². The fraction of sp³-hybridized carbons (Fsp3) is 0.500. The van der Waals surface area contributed by atoms with Crippen LogP contribution in [-0.2, 0) is 4.79 Å². The Balaban J connectivity index is 3.27. The highest BCUT2D eigenvalue weighted by atomic mass is 16.5. The van der Waals surface area contributed by atoms with Gasteiger partial charge in [-0.25, -0.2) is 0 Å². The van der Waals surface area contributed by atoms with E-state index in [0.29, 0.717) is 11.7 Å². The van der Waals surface area contributed by atoms with Gasteiger partial charge >= 0.3 is 0 Å². The average molecular weight is 250 g/mol. The van der Waals surface area contributed by atoms with Crippen LogP contribution in [0.1, 0.15) is 36.9 Å². The summed E-state index contributed by atoms with van der Waals surface area (Å²) in [6.07, 6.45) is 0. The van der Waals surface area contributed by atoms with Crippen molar-refractivity contribution in [2.24, 2.45) is 5.73 Å². The van der Waals surface area contributed by atoms with E-state index in [2.05, 4.69) is 13.8 Å². The molecule has 0 aliphatic carbocycles. The Morgan fingerprint density at radius 1 is 1.33 bits per heavy atom. The summed E-state index contributed by atoms with van der Waals surface area (Å²) in [6.45, 7) is 4.23. The minimum atomic E-state index is -0.471. The summed E-state index contributed by atoms with van der Waals surface area (Å²) in [6, 6.07) is 5.44. The van der Waals surface area contributed by atoms with Crippen molar-refractivity contribution in [3.8, 4) is 5.75 Å². The van der Waals surface area contributed by atoms with Crippen molar-refractivity contribution in [2.45, 2.75) is 25.8 Å². The number of rotatable bonds is 5. The van der Waals surface area contributed by atoms with Gasteiger partial charge in [0.25, 0.3) is 0 Å². The lowest BCUT2D eigenvalue weighted by atomic mass is 9.97. The van der Waals surface area contributed by atoms with E-state index in [1.807, 2.05) is 32.3 Å². The molecule has 0 aliphatic rings. The molecule has 18 heavy (non-hydrogen) atoms. The van der Waals surface area contributed by atoms with E-state index in [4.69, 9.17) is 10.5 Å². The minimum absolute atomic E-state index is 0.379. The Morgan fingerprint density at radius 2 is 1.94 bits per heavy atom. The molecule has 4 nitrogen and oxygen atoms in total. The van der Waals surface area contributed by atoms with Gasteiger partial charge < -0.3 is 10.5 Å². The molecule has 0 aromatic heterocycles. The van der Waals surface area contributed by atoms with Crippen LogP contribution in [0.25, 0.3) is 0 Å². The highest BCUT2D eigenvalue weighted by molar-refractivity contribution is 5.82. The van der Waals surface area contributed by atoms with Crippen molar-refractivity contribution in [1.82, 2.24) is 4.90 Å². The first-order valence-electron chi connectivity index (χ1n) is 6.02. The smallest absolute Gasteiger partial charge is 0.239 e. The molecule has 0 bridgehead atoms. The second-order valence-corrected chi connectivity index (χ2v) is 4.92. The van der Waals surface area contributed by atoms with Gasteiger partial charge in [0.1, 0.15) is 11.8 Å². The maximum Gasteiger partial charge on any atom is 0.239 e. The first-order valence-corrected chi connectivity index (χ1v) is 6.02. The van der Waals surface area contributed by atoms with E-state index in [-0.39, 0.29) is 5.91 Å². The van der Waals surface area contributed by atoms with E-state index in [9.17, 15) is 4.79 Å². The molecule has 1 amide bonds. The SMILES string of the molecule is COc1cc(C(C)C)ccc1C(C(N)=O)N(C)C. The second-order valence-electron chi connectivity index (χ2n) is 4.92. The van der Waals surface area contributed by atoms with Crippen LogP contribution in [0.2, 0.25) is 0 Å². The lowest BCUT2D eigenvalue weighted by molar-refractivity contribution is -0.122. The highest BCUT2D eigenvalue weighted by Gasteiger charge is 2.24. The maximum atomic E-state index is 11.6. The summed E-state index contributed by atoms with van der Waals surface area (Å²) in [5.41, 5.74) is 7.44. The number of benzene rings is 1. The van der Waals surface area contributed by atoms with Crippen molar-refractivity contribution in [3.63, 3.8) is 0 Å². The lowest BCUT2D eigenvalue weighted by Gasteiger charge is -2.24. The van der Waals surface area contributed by atoms with Crippen LogP contribution >= 0.6 is 0 Å². The van der Waals surface area contributed by atoms with E-state index < -0.39 is 6.04 Å². The number of likely N-dealkylation sites (N-methyl/N-ethyl adjacent to an activating group) is 1. The molecule has 2 N–H and O–H groups in total. The number of carbonyl (C=O) groups is 1. The van der Waals surface area contributed by atoms with Crippen LogP contribution in [0.5, 0.6) is 5.75 Å². The van der Waals surface area contributed by atoms with E-state index >= 15 is 0 Å². The van der Waals surface area contributed by atoms with Gasteiger partial charge in [0.15, 0.2) is 0 Å². The van der Waals surface area contributed by atoms with Crippen LogP contribution in [-0.4, -0.2) is 32.0 Å². The highest BCUT2D eigenvalue weighted by Crippen LogP contribution is 2.31. The Morgan fingerprint density at radius 3 is 2.33 bits per heavy atom. The molecule has 0 heterocycles. The number of methoxy groups -OCH3 is 1. The fourth-order valence-corrected chi connectivity index (χ4v) is 2.00. The first kappa shape index (κ1) is 14.5. The molecule has 0 spiro atoms. The molecule has 1 unspecified atom stereocenters. The number of hydrogen-bond donors (Lipinski definition) is 1. The van der Waals surface area contributed by atoms with Gasteiger partial charge in [0.05, 0.1) is 7.11 Å². The number of hydrogen-bond acceptors (Lipinski definition) is 3. The molecule has 0 fully saturated rings. The number of amides is 1. The number of carbonyl (C=O) groups excluding carboxylic acids is 1. The minimum Gasteiger partial charge on any atom is -0.496 e. The van der Waals surface area contributed by atoms with Crippen molar-refractivity contribution in [3.05, 3.63) is 29.3 Å². The van der Waals surface area contributed by atoms with Crippen molar-refractivity contribution >= 4 is 5.91 Å². The molecular formula is C14H22N2O2. The summed E-state index contributed by atoms with van der Waals surface area (Å²) < 4.78 is 5.38. The summed E-state index contributed by atoms with van der Waals surface area (Å²) in [7, 11) is 5.26. The molecule has 1 aromatic rings. The van der Waals surface area contributed by atoms with Gasteiger partial charge in [-0.3, -0.25) is 9.69 Å². The lowest BCUT2D eigenvalue weighted by Crippen LogP contribution is -2.33. The topological polar surface area (TPSA) is 55.6 Å². The zero-order chi connectivity index (χ0) is 13.9. The van der Waals surface area contributed by atoms with Crippen LogP contribution < -0.4 is 10.5 Å². The van der Waals surface area contributed by atoms with Gasteiger partial charge in [0.2, 0.25) is 5.91 Å². The zero-order valence-electron chi connectivity index (χ0n) is 11.7. The predicted octanol–water partition coefficient (Wildman–Crippen LogP) is 1.91. The van der Waals surface area contributed by atoms with Gasteiger partial charge in [0, 0.05) is 5.56 Å². The predicted molar refractivity (Wildman–Crippen MR) is 72.7 cm³/mol. The summed E-state index contributed by atoms with van der Waals surface area (Å²) >= 11 is 0. The molecule has 0 radical (unpaired) electrons. The molecule has 1 aromatic carbocycles. The normalized spacial score (nSPS) is 12.8. The Bertz CT molecular complexity index is 428. The van der Waals surface area contributed by atoms with Crippen LogP contribution in [0, 0.1) is 0 Å². The van der Waals surface area contributed by atoms with Crippen LogP contribution in [0.3, 0.4) is 0 Å².